The molecule has 0 aromatic rings. The number of allylic oxidation sites excluding steroid dienone is 3. The number of hydrogen-bond donors (Lipinski definition) is 1. The van der Waals surface area contributed by atoms with E-state index in [0.29, 0.717) is 5.92 Å². The average Bonchev–Trinajstić information content (AvgIpc) is 3.13. The molecule has 3 aliphatic rings. The van der Waals surface area contributed by atoms with Gasteiger partial charge in [-0.15, -0.1) is 0 Å². The molecule has 1 aliphatic heterocycles. The molecule has 0 saturated heterocycles. The van der Waals surface area contributed by atoms with Gasteiger partial charge in [-0.25, -0.2) is 8.42 Å². The van der Waals surface area contributed by atoms with Gasteiger partial charge in [-0.05, 0) is 31.8 Å². The molecule has 1 saturated carbocycles. The van der Waals surface area contributed by atoms with Crippen molar-refractivity contribution in [2.45, 2.75) is 51.5 Å². The molecule has 0 aromatic heterocycles. The molecule has 7 heteroatoms. The van der Waals surface area contributed by atoms with Crippen molar-refractivity contribution in [2.24, 2.45) is 16.9 Å². The zero-order chi connectivity index (χ0) is 18.5. The van der Waals surface area contributed by atoms with Crippen LogP contribution in [0.15, 0.2) is 41.2 Å². The lowest BCUT2D eigenvalue weighted by molar-refractivity contribution is -0.902. The van der Waals surface area contributed by atoms with E-state index >= 15 is 0 Å². The summed E-state index contributed by atoms with van der Waals surface area (Å²) in [7, 11) is -3.60. The molecule has 3 unspecified atom stereocenters. The summed E-state index contributed by atoms with van der Waals surface area (Å²) < 4.78 is 31.0. The number of hydrogen-bond acceptors (Lipinski definition) is 5. The Hall–Kier alpha value is -1.28. The van der Waals surface area contributed by atoms with E-state index in [1.165, 1.54) is 37.1 Å². The smallest absolute Gasteiger partial charge is 0.217 e. The molecule has 0 aromatic carbocycles. The maximum Gasteiger partial charge on any atom is 0.217 e. The highest BCUT2D eigenvalue weighted by molar-refractivity contribution is 7.80. The van der Waals surface area contributed by atoms with Gasteiger partial charge in [0, 0.05) is 12.0 Å². The highest BCUT2D eigenvalue weighted by Gasteiger charge is 2.44. The van der Waals surface area contributed by atoms with Crippen molar-refractivity contribution in [3.8, 4) is 0 Å². The van der Waals surface area contributed by atoms with Crippen molar-refractivity contribution in [3.05, 3.63) is 36.1 Å². The first-order chi connectivity index (χ1) is 11.8. The standard InChI is InChI=1S/C17H24N2.CH4O4S/c1-14-16(15-8-4-3-5-9-15)10-6-11-17(14,2)19-13-7-12-18-19;1-5-6(2,3)4/h6-7,10-15H,3-5,8-9H2,1-2H3;1H3,(H,2,3,4). The van der Waals surface area contributed by atoms with Crippen LogP contribution in [-0.2, 0) is 14.6 Å². The van der Waals surface area contributed by atoms with Gasteiger partial charge in [0.2, 0.25) is 10.4 Å². The molecule has 0 spiro atoms. The minimum Gasteiger partial charge on any atom is -0.726 e. The Labute approximate surface area is 150 Å². The van der Waals surface area contributed by atoms with E-state index in [-0.39, 0.29) is 5.54 Å². The summed E-state index contributed by atoms with van der Waals surface area (Å²) in [6, 6.07) is 0. The minimum atomic E-state index is -4.41. The van der Waals surface area contributed by atoms with Gasteiger partial charge in [-0.1, -0.05) is 49.0 Å². The second-order valence-corrected chi connectivity index (χ2v) is 8.11. The zero-order valence-corrected chi connectivity index (χ0v) is 16.0. The van der Waals surface area contributed by atoms with Crippen molar-refractivity contribution in [2.75, 3.05) is 7.11 Å². The van der Waals surface area contributed by atoms with Gasteiger partial charge in [0.1, 0.15) is 11.7 Å². The Morgan fingerprint density at radius 1 is 1.28 bits per heavy atom. The molecular formula is C18H28N2O4S. The molecule has 140 valence electrons. The van der Waals surface area contributed by atoms with E-state index in [2.05, 4.69) is 53.6 Å². The fourth-order valence-electron chi connectivity index (χ4n) is 3.85. The molecule has 1 fully saturated rings. The largest absolute Gasteiger partial charge is 0.726 e. The summed E-state index contributed by atoms with van der Waals surface area (Å²) in [5.74, 6) is 1.37. The van der Waals surface area contributed by atoms with E-state index in [0.717, 1.165) is 13.0 Å². The molecule has 3 rings (SSSR count). The quantitative estimate of drug-likeness (QED) is 0.610. The highest BCUT2D eigenvalue weighted by atomic mass is 32.3. The normalized spacial score (nSPS) is 32.2. The predicted octanol–water partition coefficient (Wildman–Crippen LogP) is 1.95. The summed E-state index contributed by atoms with van der Waals surface area (Å²) in [6.45, 7) is 4.73. The summed E-state index contributed by atoms with van der Waals surface area (Å²) in [4.78, 5) is 0. The molecule has 2 aliphatic carbocycles. The van der Waals surface area contributed by atoms with Crippen molar-refractivity contribution >= 4 is 16.6 Å². The van der Waals surface area contributed by atoms with Gasteiger partial charge >= 0.3 is 0 Å². The summed E-state index contributed by atoms with van der Waals surface area (Å²) in [5.41, 5.74) is 1.73. The SMILES string of the molecule is CC1C(C2CCCCC2)=CC=CC1(C)[NH+]1C=CC=N1.COS(=O)(=O)[O-]. The second-order valence-electron chi connectivity index (χ2n) is 6.96. The fourth-order valence-corrected chi connectivity index (χ4v) is 3.85. The lowest BCUT2D eigenvalue weighted by Crippen LogP contribution is -3.12. The monoisotopic (exact) mass is 368 g/mol. The molecule has 1 N–H and O–H groups in total. The van der Waals surface area contributed by atoms with Gasteiger partial charge < -0.3 is 4.55 Å². The van der Waals surface area contributed by atoms with Gasteiger partial charge in [0.25, 0.3) is 0 Å². The number of rotatable bonds is 3. The van der Waals surface area contributed by atoms with Crippen molar-refractivity contribution in [3.63, 3.8) is 0 Å². The van der Waals surface area contributed by atoms with Crippen LogP contribution in [0.4, 0.5) is 0 Å². The van der Waals surface area contributed by atoms with Crippen LogP contribution in [0, 0.1) is 11.8 Å². The summed E-state index contributed by atoms with van der Waals surface area (Å²) in [5, 5.41) is 5.78. The first kappa shape index (κ1) is 20.0. The molecule has 25 heavy (non-hydrogen) atoms. The fraction of sp³-hybridized carbons (Fsp3) is 0.611. The van der Waals surface area contributed by atoms with E-state index in [1.54, 1.807) is 5.57 Å². The third-order valence-corrected chi connectivity index (χ3v) is 5.93. The second kappa shape index (κ2) is 8.40. The molecular weight excluding hydrogens is 340 g/mol. The summed E-state index contributed by atoms with van der Waals surface area (Å²) in [6.07, 6.45) is 20.1. The molecule has 0 bridgehead atoms. The molecule has 0 amide bonds. The van der Waals surface area contributed by atoms with Crippen LogP contribution >= 0.6 is 0 Å². The minimum absolute atomic E-state index is 0.0744. The van der Waals surface area contributed by atoms with Gasteiger partial charge in [0.05, 0.1) is 13.3 Å². The van der Waals surface area contributed by atoms with Crippen LogP contribution in [0.2, 0.25) is 0 Å². The van der Waals surface area contributed by atoms with Gasteiger partial charge in [-0.3, -0.25) is 4.18 Å². The predicted molar refractivity (Wildman–Crippen MR) is 96.7 cm³/mol. The Morgan fingerprint density at radius 3 is 2.44 bits per heavy atom. The van der Waals surface area contributed by atoms with Crippen LogP contribution in [0.1, 0.15) is 46.0 Å². The lowest BCUT2D eigenvalue weighted by atomic mass is 9.70. The maximum atomic E-state index is 9.22. The zero-order valence-electron chi connectivity index (χ0n) is 15.1. The van der Waals surface area contributed by atoms with Crippen LogP contribution < -0.4 is 5.01 Å². The van der Waals surface area contributed by atoms with E-state index in [9.17, 15) is 13.0 Å². The Balaban J connectivity index is 0.000000326. The third-order valence-electron chi connectivity index (χ3n) is 5.52. The first-order valence-corrected chi connectivity index (χ1v) is 10.1. The number of nitrogens with zero attached hydrogens (tertiary/aromatic N) is 1. The van der Waals surface area contributed by atoms with Gasteiger partial charge in [0.15, 0.2) is 0 Å². The Morgan fingerprint density at radius 2 is 1.92 bits per heavy atom. The Kier molecular flexibility index (Phi) is 6.73. The number of quaternary nitrogens is 1. The van der Waals surface area contributed by atoms with Crippen molar-refractivity contribution in [1.29, 1.82) is 0 Å². The lowest BCUT2D eigenvalue weighted by Gasteiger charge is -2.40. The van der Waals surface area contributed by atoms with E-state index in [1.807, 2.05) is 6.21 Å². The number of nitrogens with one attached hydrogen (secondary N) is 1. The van der Waals surface area contributed by atoms with Crippen LogP contribution in [0.25, 0.3) is 0 Å². The highest BCUT2D eigenvalue weighted by Crippen LogP contribution is 2.39. The first-order valence-electron chi connectivity index (χ1n) is 8.77. The van der Waals surface area contributed by atoms with Crippen LogP contribution in [0.5, 0.6) is 0 Å². The molecule has 1 heterocycles. The van der Waals surface area contributed by atoms with E-state index < -0.39 is 10.4 Å². The van der Waals surface area contributed by atoms with Crippen molar-refractivity contribution in [1.82, 2.24) is 0 Å². The average molecular weight is 368 g/mol. The topological polar surface area (TPSA) is 83.2 Å². The third kappa shape index (κ3) is 5.10. The molecule has 3 atom stereocenters. The van der Waals surface area contributed by atoms with Crippen LogP contribution in [0.3, 0.4) is 0 Å². The molecule has 6 nitrogen and oxygen atoms in total. The summed E-state index contributed by atoms with van der Waals surface area (Å²) >= 11 is 0. The maximum absolute atomic E-state index is 9.22. The van der Waals surface area contributed by atoms with Crippen molar-refractivity contribution < 1.29 is 22.2 Å². The van der Waals surface area contributed by atoms with E-state index in [4.69, 9.17) is 0 Å². The Bertz CT molecular complexity index is 663. The van der Waals surface area contributed by atoms with Crippen LogP contribution in [-0.4, -0.2) is 31.8 Å². The molecule has 0 radical (unpaired) electrons. The van der Waals surface area contributed by atoms with Gasteiger partial charge in [-0.2, -0.15) is 5.01 Å².